The molecule has 0 unspecified atom stereocenters. The molecule has 2 N–H and O–H groups in total. The molecule has 6 heteroatoms. The number of carbonyl (C=O) groups excluding carboxylic acids is 1. The Hall–Kier alpha value is -2.24. The number of nitrogens with one attached hydrogen (secondary N) is 2. The van der Waals surface area contributed by atoms with E-state index in [1.165, 1.54) is 0 Å². The molecule has 0 radical (unpaired) electrons. The summed E-state index contributed by atoms with van der Waals surface area (Å²) in [5.74, 6) is 1.38. The normalized spacial score (nSPS) is 10.4. The lowest BCUT2D eigenvalue weighted by molar-refractivity contribution is -0.120. The fraction of sp³-hybridized carbons (Fsp3) is 0.316. The van der Waals surface area contributed by atoms with E-state index in [1.54, 1.807) is 14.2 Å². The number of hydrogen-bond donors (Lipinski definition) is 2. The summed E-state index contributed by atoms with van der Waals surface area (Å²) in [6.45, 7) is 1.47. The van der Waals surface area contributed by atoms with Crippen LogP contribution in [0.2, 0.25) is 5.02 Å². The quantitative estimate of drug-likeness (QED) is 0.673. The van der Waals surface area contributed by atoms with Crippen LogP contribution in [0.25, 0.3) is 0 Å². The zero-order chi connectivity index (χ0) is 18.1. The molecule has 0 aliphatic heterocycles. The van der Waals surface area contributed by atoms with Gasteiger partial charge in [0.1, 0.15) is 0 Å². The highest BCUT2D eigenvalue weighted by Gasteiger charge is 2.05. The van der Waals surface area contributed by atoms with E-state index in [0.29, 0.717) is 29.6 Å². The second-order valence-electron chi connectivity index (χ2n) is 5.52. The van der Waals surface area contributed by atoms with Crippen LogP contribution in [0.5, 0.6) is 11.5 Å². The van der Waals surface area contributed by atoms with Crippen LogP contribution in [0.1, 0.15) is 11.1 Å². The third-order valence-corrected chi connectivity index (χ3v) is 3.98. The van der Waals surface area contributed by atoms with Crippen LogP contribution in [0, 0.1) is 0 Å². The largest absolute Gasteiger partial charge is 0.493 e. The lowest BCUT2D eigenvalue weighted by atomic mass is 10.1. The highest BCUT2D eigenvalue weighted by Crippen LogP contribution is 2.27. The number of methoxy groups -OCH3 is 2. The molecular formula is C19H23ClN2O3. The summed E-state index contributed by atoms with van der Waals surface area (Å²) in [6.07, 6.45) is 0.796. The van der Waals surface area contributed by atoms with Crippen molar-refractivity contribution in [3.63, 3.8) is 0 Å². The van der Waals surface area contributed by atoms with Crippen molar-refractivity contribution in [2.75, 3.05) is 27.3 Å². The number of ether oxygens (including phenoxy) is 2. The number of rotatable bonds is 9. The standard InChI is InChI=1S/C19H23ClN2O3/c1-24-17-8-5-14(11-18(17)25-2)9-10-21-13-19(23)22-12-15-3-6-16(20)7-4-15/h3-8,11,21H,9-10,12-13H2,1-2H3,(H,22,23). The lowest BCUT2D eigenvalue weighted by Crippen LogP contribution is -2.34. The minimum atomic E-state index is -0.0396. The van der Waals surface area contributed by atoms with E-state index in [1.807, 2.05) is 42.5 Å². The first-order valence-electron chi connectivity index (χ1n) is 8.05. The molecule has 5 nitrogen and oxygen atoms in total. The van der Waals surface area contributed by atoms with Gasteiger partial charge < -0.3 is 20.1 Å². The van der Waals surface area contributed by atoms with Gasteiger partial charge in [-0.15, -0.1) is 0 Å². The molecule has 0 fully saturated rings. The molecule has 0 saturated carbocycles. The Bertz CT molecular complexity index is 690. The van der Waals surface area contributed by atoms with Gasteiger partial charge in [-0.05, 0) is 48.4 Å². The molecule has 2 rings (SSSR count). The number of carbonyl (C=O) groups is 1. The Morgan fingerprint density at radius 2 is 1.68 bits per heavy atom. The Labute approximate surface area is 153 Å². The Morgan fingerprint density at radius 1 is 1.00 bits per heavy atom. The molecule has 0 heterocycles. The van der Waals surface area contributed by atoms with Gasteiger partial charge in [0.05, 0.1) is 20.8 Å². The molecule has 134 valence electrons. The molecule has 0 aromatic heterocycles. The van der Waals surface area contributed by atoms with E-state index >= 15 is 0 Å². The maximum absolute atomic E-state index is 11.8. The maximum atomic E-state index is 11.8. The third kappa shape index (κ3) is 6.29. The van der Waals surface area contributed by atoms with E-state index in [2.05, 4.69) is 10.6 Å². The zero-order valence-electron chi connectivity index (χ0n) is 14.5. The van der Waals surface area contributed by atoms with Crippen molar-refractivity contribution < 1.29 is 14.3 Å². The molecule has 0 aliphatic carbocycles. The fourth-order valence-electron chi connectivity index (χ4n) is 2.34. The van der Waals surface area contributed by atoms with E-state index in [0.717, 1.165) is 17.5 Å². The number of halogens is 1. The van der Waals surface area contributed by atoms with Crippen molar-refractivity contribution in [3.05, 3.63) is 58.6 Å². The van der Waals surface area contributed by atoms with Gasteiger partial charge in [0.2, 0.25) is 5.91 Å². The van der Waals surface area contributed by atoms with E-state index in [-0.39, 0.29) is 12.5 Å². The van der Waals surface area contributed by atoms with Crippen LogP contribution in [-0.2, 0) is 17.8 Å². The molecule has 0 atom stereocenters. The van der Waals surface area contributed by atoms with Gasteiger partial charge in [0, 0.05) is 11.6 Å². The number of hydrogen-bond acceptors (Lipinski definition) is 4. The summed E-state index contributed by atoms with van der Waals surface area (Å²) in [5.41, 5.74) is 2.13. The predicted octanol–water partition coefficient (Wildman–Crippen LogP) is 2.81. The Morgan fingerprint density at radius 3 is 2.36 bits per heavy atom. The van der Waals surface area contributed by atoms with Gasteiger partial charge in [0.15, 0.2) is 11.5 Å². The topological polar surface area (TPSA) is 59.6 Å². The molecule has 0 bridgehead atoms. The van der Waals surface area contributed by atoms with Crippen molar-refractivity contribution in [2.45, 2.75) is 13.0 Å². The third-order valence-electron chi connectivity index (χ3n) is 3.73. The second kappa shape index (κ2) is 9.91. The molecule has 0 spiro atoms. The lowest BCUT2D eigenvalue weighted by Gasteiger charge is -2.10. The molecular weight excluding hydrogens is 340 g/mol. The highest BCUT2D eigenvalue weighted by molar-refractivity contribution is 6.30. The van der Waals surface area contributed by atoms with Gasteiger partial charge >= 0.3 is 0 Å². The SMILES string of the molecule is COc1ccc(CCNCC(=O)NCc2ccc(Cl)cc2)cc1OC. The van der Waals surface area contributed by atoms with Crippen LogP contribution in [-0.4, -0.2) is 33.2 Å². The second-order valence-corrected chi connectivity index (χ2v) is 5.96. The molecule has 2 aromatic carbocycles. The van der Waals surface area contributed by atoms with Crippen molar-refractivity contribution in [2.24, 2.45) is 0 Å². The summed E-state index contributed by atoms with van der Waals surface area (Å²) in [6, 6.07) is 13.2. The summed E-state index contributed by atoms with van der Waals surface area (Å²) in [7, 11) is 3.23. The van der Waals surface area contributed by atoms with Crippen LogP contribution in [0.3, 0.4) is 0 Å². The van der Waals surface area contributed by atoms with Crippen molar-refractivity contribution in [3.8, 4) is 11.5 Å². The zero-order valence-corrected chi connectivity index (χ0v) is 15.2. The van der Waals surface area contributed by atoms with Gasteiger partial charge in [-0.3, -0.25) is 4.79 Å². The first-order chi connectivity index (χ1) is 12.1. The highest BCUT2D eigenvalue weighted by atomic mass is 35.5. The Kier molecular flexibility index (Phi) is 7.57. The summed E-state index contributed by atoms with van der Waals surface area (Å²) in [5, 5.41) is 6.70. The number of amides is 1. The average molecular weight is 363 g/mol. The molecule has 1 amide bonds. The summed E-state index contributed by atoms with van der Waals surface area (Å²) >= 11 is 5.83. The first-order valence-corrected chi connectivity index (χ1v) is 8.43. The first kappa shape index (κ1) is 19.1. The monoisotopic (exact) mass is 362 g/mol. The van der Waals surface area contributed by atoms with E-state index in [9.17, 15) is 4.79 Å². The minimum absolute atomic E-state index is 0.0396. The van der Waals surface area contributed by atoms with Crippen molar-refractivity contribution >= 4 is 17.5 Å². The summed E-state index contributed by atoms with van der Waals surface area (Å²) in [4.78, 5) is 11.8. The van der Waals surface area contributed by atoms with Crippen LogP contribution >= 0.6 is 11.6 Å². The molecule has 25 heavy (non-hydrogen) atoms. The molecule has 0 saturated heterocycles. The maximum Gasteiger partial charge on any atom is 0.234 e. The van der Waals surface area contributed by atoms with Crippen LogP contribution in [0.15, 0.2) is 42.5 Å². The predicted molar refractivity (Wildman–Crippen MR) is 99.4 cm³/mol. The van der Waals surface area contributed by atoms with Crippen LogP contribution < -0.4 is 20.1 Å². The van der Waals surface area contributed by atoms with Gasteiger partial charge in [-0.2, -0.15) is 0 Å². The number of benzene rings is 2. The Balaban J connectivity index is 1.68. The molecule has 0 aliphatic rings. The van der Waals surface area contributed by atoms with Crippen LogP contribution in [0.4, 0.5) is 0 Å². The minimum Gasteiger partial charge on any atom is -0.493 e. The van der Waals surface area contributed by atoms with Gasteiger partial charge in [-0.25, -0.2) is 0 Å². The summed E-state index contributed by atoms with van der Waals surface area (Å²) < 4.78 is 10.5. The van der Waals surface area contributed by atoms with E-state index in [4.69, 9.17) is 21.1 Å². The smallest absolute Gasteiger partial charge is 0.234 e. The average Bonchev–Trinajstić information content (AvgIpc) is 2.64. The van der Waals surface area contributed by atoms with Crippen molar-refractivity contribution in [1.29, 1.82) is 0 Å². The fourth-order valence-corrected chi connectivity index (χ4v) is 2.46. The van der Waals surface area contributed by atoms with Crippen molar-refractivity contribution in [1.82, 2.24) is 10.6 Å². The van der Waals surface area contributed by atoms with E-state index < -0.39 is 0 Å². The van der Waals surface area contributed by atoms with Gasteiger partial charge in [-0.1, -0.05) is 29.8 Å². The van der Waals surface area contributed by atoms with Gasteiger partial charge in [0.25, 0.3) is 0 Å². The molecule has 2 aromatic rings.